The molecule has 7 aromatic carbocycles. The number of hydrogen-bond donors (Lipinski definition) is 0. The minimum absolute atomic E-state index is 0.570. The van der Waals surface area contributed by atoms with Crippen LogP contribution in [0.15, 0.2) is 150 Å². The molecule has 0 fully saturated rings. The summed E-state index contributed by atoms with van der Waals surface area (Å²) >= 11 is 0. The van der Waals surface area contributed by atoms with E-state index in [0.717, 1.165) is 82.7 Å². The number of fused-ring (bicyclic) bond motifs is 10. The first kappa shape index (κ1) is 27.1. The first-order valence-electron chi connectivity index (χ1n) is 16.1. The van der Waals surface area contributed by atoms with Gasteiger partial charge in [-0.05, 0) is 83.2 Å². The van der Waals surface area contributed by atoms with Crippen LogP contribution >= 0.6 is 0 Å². The number of rotatable bonds is 3. The minimum atomic E-state index is 0.570. The molecule has 10 aromatic rings. The lowest BCUT2D eigenvalue weighted by Crippen LogP contribution is -1.97. The Hall–Kier alpha value is -7.08. The highest BCUT2D eigenvalue weighted by Gasteiger charge is 2.21. The topological polar surface area (TPSA) is 31.7 Å². The highest BCUT2D eigenvalue weighted by Crippen LogP contribution is 2.43. The highest BCUT2D eigenvalue weighted by molar-refractivity contribution is 6.22. The van der Waals surface area contributed by atoms with Gasteiger partial charge in [0.1, 0.15) is 5.58 Å². The van der Waals surface area contributed by atoms with E-state index in [9.17, 15) is 0 Å². The van der Waals surface area contributed by atoms with Crippen molar-refractivity contribution < 1.29 is 4.42 Å². The summed E-state index contributed by atoms with van der Waals surface area (Å²) in [6.45, 7) is 15.5. The van der Waals surface area contributed by atoms with Gasteiger partial charge in [0.15, 0.2) is 17.0 Å². The fourth-order valence-corrected chi connectivity index (χ4v) is 7.60. The lowest BCUT2D eigenvalue weighted by molar-refractivity contribution is 0.671. The van der Waals surface area contributed by atoms with Gasteiger partial charge in [-0.25, -0.2) is 9.69 Å². The van der Waals surface area contributed by atoms with E-state index in [2.05, 4.69) is 104 Å². The molecule has 10 rings (SSSR count). The average molecular weight is 625 g/mol. The SMILES string of the molecule is [C-]#[N+]c1ccc(-n2c3ccccc3c3cc([N+]#[C-])ccc32)c(-c2ccc3oc4c(ccc5c6ccccc6n(-c6ccccc6)c54)c3c2)c1. The summed E-state index contributed by atoms with van der Waals surface area (Å²) in [6, 6.07) is 49.7. The van der Waals surface area contributed by atoms with Crippen LogP contribution in [0.3, 0.4) is 0 Å². The maximum atomic E-state index is 7.86. The van der Waals surface area contributed by atoms with E-state index in [4.69, 9.17) is 17.6 Å². The smallest absolute Gasteiger partial charge is 0.188 e. The molecule has 0 atom stereocenters. The largest absolute Gasteiger partial charge is 0.454 e. The van der Waals surface area contributed by atoms with Crippen molar-refractivity contribution in [2.75, 3.05) is 0 Å². The molecule has 0 radical (unpaired) electrons. The minimum Gasteiger partial charge on any atom is -0.454 e. The van der Waals surface area contributed by atoms with Crippen molar-refractivity contribution in [1.82, 2.24) is 9.13 Å². The fraction of sp³-hybridized carbons (Fsp3) is 0. The monoisotopic (exact) mass is 624 g/mol. The molecule has 5 nitrogen and oxygen atoms in total. The van der Waals surface area contributed by atoms with Gasteiger partial charge in [0.25, 0.3) is 0 Å². The quantitative estimate of drug-likeness (QED) is 0.180. The molecule has 3 heterocycles. The molecule has 0 aliphatic heterocycles. The number of aromatic nitrogens is 2. The van der Waals surface area contributed by atoms with Crippen LogP contribution in [0.5, 0.6) is 0 Å². The van der Waals surface area contributed by atoms with Gasteiger partial charge in [0.05, 0.1) is 40.9 Å². The standard InChI is InChI=1S/C44H24N4O/c1-45-28-17-21-40(48-39-15-9-7-13-32(39)36-26-29(46-2)18-22-41(36)48)35(25-28)27-16-23-42-37(24-27)34-20-19-33-31-12-6-8-14-38(31)47(43(33)44(34)49-42)30-10-4-3-5-11-30/h3-26H. The first-order valence-corrected chi connectivity index (χ1v) is 16.1. The molecular formula is C44H24N4O. The van der Waals surface area contributed by atoms with Gasteiger partial charge in [-0.15, -0.1) is 0 Å². The zero-order valence-corrected chi connectivity index (χ0v) is 26.1. The van der Waals surface area contributed by atoms with Gasteiger partial charge in [-0.3, -0.25) is 0 Å². The predicted octanol–water partition coefficient (Wildman–Crippen LogP) is 12.5. The second-order valence-corrected chi connectivity index (χ2v) is 12.3. The van der Waals surface area contributed by atoms with Crippen molar-refractivity contribution in [2.24, 2.45) is 0 Å². The van der Waals surface area contributed by atoms with Crippen LogP contribution in [0.25, 0.3) is 97.7 Å². The van der Waals surface area contributed by atoms with E-state index in [1.165, 1.54) is 5.39 Å². The summed E-state index contributed by atoms with van der Waals surface area (Å²) in [5.41, 5.74) is 11.0. The van der Waals surface area contributed by atoms with Gasteiger partial charge >= 0.3 is 0 Å². The van der Waals surface area contributed by atoms with Gasteiger partial charge < -0.3 is 13.6 Å². The van der Waals surface area contributed by atoms with E-state index in [0.29, 0.717) is 11.4 Å². The highest BCUT2D eigenvalue weighted by atomic mass is 16.3. The van der Waals surface area contributed by atoms with E-state index >= 15 is 0 Å². The molecule has 226 valence electrons. The molecule has 0 saturated heterocycles. The third-order valence-electron chi connectivity index (χ3n) is 9.73. The number of furan rings is 1. The summed E-state index contributed by atoms with van der Waals surface area (Å²) in [7, 11) is 0. The summed E-state index contributed by atoms with van der Waals surface area (Å²) in [5, 5.41) is 6.49. The number of benzene rings is 7. The normalized spacial score (nSPS) is 11.6. The zero-order chi connectivity index (χ0) is 32.6. The second kappa shape index (κ2) is 10.2. The van der Waals surface area contributed by atoms with E-state index in [-0.39, 0.29) is 0 Å². The summed E-state index contributed by atoms with van der Waals surface area (Å²) < 4.78 is 11.3. The first-order chi connectivity index (χ1) is 24.2. The Bertz CT molecular complexity index is 3070. The summed E-state index contributed by atoms with van der Waals surface area (Å²) in [5.74, 6) is 0. The Kier molecular flexibility index (Phi) is 5.64. The molecular weight excluding hydrogens is 601 g/mol. The maximum Gasteiger partial charge on any atom is 0.188 e. The number of para-hydroxylation sites is 3. The Morgan fingerprint density at radius 2 is 1.12 bits per heavy atom. The lowest BCUT2D eigenvalue weighted by atomic mass is 9.99. The Labute approximate surface area is 280 Å². The Balaban J connectivity index is 1.26. The molecule has 49 heavy (non-hydrogen) atoms. The Morgan fingerprint density at radius 3 is 1.92 bits per heavy atom. The molecule has 0 saturated carbocycles. The predicted molar refractivity (Wildman–Crippen MR) is 200 cm³/mol. The zero-order valence-electron chi connectivity index (χ0n) is 26.1. The average Bonchev–Trinajstić information content (AvgIpc) is 3.82. The Morgan fingerprint density at radius 1 is 0.469 bits per heavy atom. The van der Waals surface area contributed by atoms with Crippen molar-refractivity contribution in [3.8, 4) is 22.5 Å². The van der Waals surface area contributed by atoms with Crippen LogP contribution in [-0.2, 0) is 0 Å². The van der Waals surface area contributed by atoms with Crippen LogP contribution in [-0.4, -0.2) is 9.13 Å². The van der Waals surface area contributed by atoms with E-state index in [1.807, 2.05) is 60.7 Å². The van der Waals surface area contributed by atoms with E-state index < -0.39 is 0 Å². The third kappa shape index (κ3) is 3.85. The van der Waals surface area contributed by atoms with Crippen molar-refractivity contribution in [3.05, 3.63) is 168 Å². The molecule has 0 amide bonds. The summed E-state index contributed by atoms with van der Waals surface area (Å²) in [4.78, 5) is 7.51. The second-order valence-electron chi connectivity index (χ2n) is 12.3. The molecule has 0 aliphatic rings. The molecule has 0 bridgehead atoms. The van der Waals surface area contributed by atoms with Crippen molar-refractivity contribution >= 4 is 76.9 Å². The number of hydrogen-bond acceptors (Lipinski definition) is 1. The van der Waals surface area contributed by atoms with Crippen molar-refractivity contribution in [1.29, 1.82) is 0 Å². The molecule has 0 spiro atoms. The van der Waals surface area contributed by atoms with Gasteiger partial charge in [0.2, 0.25) is 0 Å². The fourth-order valence-electron chi connectivity index (χ4n) is 7.60. The van der Waals surface area contributed by atoms with Crippen LogP contribution < -0.4 is 0 Å². The van der Waals surface area contributed by atoms with Crippen LogP contribution in [0, 0.1) is 13.1 Å². The molecule has 0 N–H and O–H groups in total. The van der Waals surface area contributed by atoms with Gasteiger partial charge in [0, 0.05) is 32.6 Å². The third-order valence-corrected chi connectivity index (χ3v) is 9.73. The summed E-state index contributed by atoms with van der Waals surface area (Å²) in [6.07, 6.45) is 0. The number of nitrogens with zero attached hydrogens (tertiary/aromatic N) is 4. The van der Waals surface area contributed by atoms with Gasteiger partial charge in [-0.1, -0.05) is 78.9 Å². The van der Waals surface area contributed by atoms with Crippen molar-refractivity contribution in [2.45, 2.75) is 0 Å². The van der Waals surface area contributed by atoms with Crippen molar-refractivity contribution in [3.63, 3.8) is 0 Å². The molecule has 3 aromatic heterocycles. The van der Waals surface area contributed by atoms with Crippen LogP contribution in [0.1, 0.15) is 0 Å². The van der Waals surface area contributed by atoms with Crippen LogP contribution in [0.4, 0.5) is 11.4 Å². The van der Waals surface area contributed by atoms with Crippen LogP contribution in [0.2, 0.25) is 0 Å². The molecule has 0 aliphatic carbocycles. The molecule has 0 unspecified atom stereocenters. The maximum absolute atomic E-state index is 7.86. The van der Waals surface area contributed by atoms with E-state index in [1.54, 1.807) is 0 Å². The van der Waals surface area contributed by atoms with Gasteiger partial charge in [-0.2, -0.15) is 0 Å². The molecule has 5 heteroatoms. The lowest BCUT2D eigenvalue weighted by Gasteiger charge is -2.15.